The van der Waals surface area contributed by atoms with Gasteiger partial charge in [0.25, 0.3) is 14.1 Å². The highest BCUT2D eigenvalue weighted by Gasteiger charge is 2.43. The average molecular weight is 717 g/mol. The van der Waals surface area contributed by atoms with Crippen LogP contribution in [0.2, 0.25) is 0 Å². The van der Waals surface area contributed by atoms with E-state index in [4.69, 9.17) is 18.0 Å². The van der Waals surface area contributed by atoms with Crippen molar-refractivity contribution >= 4 is 20.6 Å². The van der Waals surface area contributed by atoms with Gasteiger partial charge >= 0.3 is 5.69 Å². The predicted octanol–water partition coefficient (Wildman–Crippen LogP) is 7.45. The number of ether oxygens (including phenoxy) is 1. The van der Waals surface area contributed by atoms with Crippen LogP contribution in [0.4, 0.5) is 0 Å². The van der Waals surface area contributed by atoms with Crippen LogP contribution in [-0.2, 0) is 22.7 Å². The molecule has 0 saturated carbocycles. The summed E-state index contributed by atoms with van der Waals surface area (Å²) in [7, 11) is -1.61. The molecule has 1 fully saturated rings. The maximum atomic E-state index is 13.0. The number of aromatic nitrogens is 2. The second-order valence-electron chi connectivity index (χ2n) is 12.7. The van der Waals surface area contributed by atoms with Gasteiger partial charge in [-0.05, 0) is 51.3 Å². The van der Waals surface area contributed by atoms with Gasteiger partial charge in [-0.25, -0.2) is 9.46 Å². The first-order valence-corrected chi connectivity index (χ1v) is 18.7. The largest absolute Gasteiger partial charge is 0.349 e. The maximum absolute atomic E-state index is 13.0. The fraction of sp³-hybridized carbons (Fsp3) is 0.395. The first-order valence-electron chi connectivity index (χ1n) is 16.9. The van der Waals surface area contributed by atoms with Crippen LogP contribution in [0.5, 0.6) is 0 Å². The summed E-state index contributed by atoms with van der Waals surface area (Å²) in [5, 5.41) is 9.23. The van der Waals surface area contributed by atoms with Crippen molar-refractivity contribution in [3.05, 3.63) is 140 Å². The van der Waals surface area contributed by atoms with Crippen molar-refractivity contribution in [3.63, 3.8) is 0 Å². The van der Waals surface area contributed by atoms with Gasteiger partial charge in [-0.1, -0.05) is 91.0 Å². The second-order valence-corrected chi connectivity index (χ2v) is 15.1. The lowest BCUT2D eigenvalue weighted by Crippen LogP contribution is -2.36. The number of benzene rings is 3. The third-order valence-corrected chi connectivity index (χ3v) is 11.8. The molecule has 5 rings (SSSR count). The standard InChI is InChI=1S/C38H45N4O6PS/c1-27(2)42(28(3)4)49(45-23-15-22-39)48-33-24-35(41-25-29(5)36(43)40-37(41)44)47-34(33)26-46-50-38(30-16-9-6-10-17-30,31-18-11-7-12-19-31)32-20-13-8-14-21-32/h6-14,16-21,25,27-28,33-35H,15,23-24,26H2,1-5H3,(H,40,43,44)/t33-,34+,35+,49?/m0/s1. The lowest BCUT2D eigenvalue weighted by molar-refractivity contribution is -0.0363. The van der Waals surface area contributed by atoms with Crippen LogP contribution >= 0.6 is 20.6 Å². The fourth-order valence-corrected chi connectivity index (χ4v) is 9.03. The number of aromatic amines is 1. The number of H-pyrrole nitrogens is 1. The van der Waals surface area contributed by atoms with Gasteiger partial charge in [-0.3, -0.25) is 14.3 Å². The van der Waals surface area contributed by atoms with E-state index in [0.717, 1.165) is 16.7 Å². The molecule has 1 N–H and O–H groups in total. The summed E-state index contributed by atoms with van der Waals surface area (Å²) >= 11 is 1.35. The molecule has 4 atom stereocenters. The van der Waals surface area contributed by atoms with Crippen LogP contribution in [0, 0.1) is 18.3 Å². The number of hydrogen-bond acceptors (Lipinski definition) is 9. The van der Waals surface area contributed by atoms with E-state index in [1.807, 2.05) is 54.6 Å². The van der Waals surface area contributed by atoms with Crippen molar-refractivity contribution in [2.24, 2.45) is 0 Å². The fourth-order valence-electron chi connectivity index (χ4n) is 6.19. The van der Waals surface area contributed by atoms with E-state index in [2.05, 4.69) is 79.8 Å². The van der Waals surface area contributed by atoms with Crippen molar-refractivity contribution in [3.8, 4) is 6.07 Å². The van der Waals surface area contributed by atoms with E-state index in [0.29, 0.717) is 12.0 Å². The van der Waals surface area contributed by atoms with Crippen LogP contribution in [-0.4, -0.2) is 51.7 Å². The molecule has 264 valence electrons. The van der Waals surface area contributed by atoms with Crippen molar-refractivity contribution in [2.45, 2.75) is 82.7 Å². The highest BCUT2D eigenvalue weighted by Crippen LogP contribution is 2.51. The van der Waals surface area contributed by atoms with Gasteiger partial charge in [0.2, 0.25) is 0 Å². The highest BCUT2D eigenvalue weighted by atomic mass is 32.2. The van der Waals surface area contributed by atoms with E-state index in [-0.39, 0.29) is 31.7 Å². The molecule has 10 nitrogen and oxygen atoms in total. The molecular formula is C38H45N4O6PS. The number of nitriles is 1. The Hall–Kier alpha value is -3.59. The molecule has 3 aromatic carbocycles. The predicted molar refractivity (Wildman–Crippen MR) is 197 cm³/mol. The van der Waals surface area contributed by atoms with Crippen LogP contribution in [0.3, 0.4) is 0 Å². The van der Waals surface area contributed by atoms with Crippen LogP contribution in [0.15, 0.2) is 107 Å². The van der Waals surface area contributed by atoms with Gasteiger partial charge in [0.05, 0.1) is 31.8 Å². The first-order chi connectivity index (χ1) is 24.1. The van der Waals surface area contributed by atoms with Gasteiger partial charge in [0.15, 0.2) is 0 Å². The molecule has 1 unspecified atom stereocenters. The molecule has 1 saturated heterocycles. The summed E-state index contributed by atoms with van der Waals surface area (Å²) in [6.07, 6.45) is 0.213. The normalized spacial score (nSPS) is 18.5. The summed E-state index contributed by atoms with van der Waals surface area (Å²) in [6, 6.07) is 33.1. The Morgan fingerprint density at radius 3 is 2.00 bits per heavy atom. The smallest absolute Gasteiger partial charge is 0.330 e. The van der Waals surface area contributed by atoms with Crippen molar-refractivity contribution < 1.29 is 18.0 Å². The maximum Gasteiger partial charge on any atom is 0.330 e. The highest BCUT2D eigenvalue weighted by molar-refractivity contribution is 7.96. The first kappa shape index (κ1) is 37.7. The minimum absolute atomic E-state index is 0.0965. The Bertz CT molecular complexity index is 1710. The average Bonchev–Trinajstić information content (AvgIpc) is 3.51. The van der Waals surface area contributed by atoms with Gasteiger partial charge in [0.1, 0.15) is 17.1 Å². The summed E-state index contributed by atoms with van der Waals surface area (Å²) < 4.78 is 29.1. The number of rotatable bonds is 16. The Kier molecular flexibility index (Phi) is 13.2. The zero-order valence-electron chi connectivity index (χ0n) is 29.1. The SMILES string of the molecule is Cc1cn([C@H]2C[C@H](OP(OCCC#N)N(C(C)C)C(C)C)[C@@H](COSC(c3ccccc3)(c3ccccc3)c3ccccc3)O2)c(=O)[nH]c1=O. The quantitative estimate of drug-likeness (QED) is 0.0546. The second kappa shape index (κ2) is 17.6. The van der Waals surface area contributed by atoms with E-state index in [9.17, 15) is 14.9 Å². The zero-order chi connectivity index (χ0) is 35.7. The topological polar surface area (TPSA) is 119 Å². The summed E-state index contributed by atoms with van der Waals surface area (Å²) in [4.78, 5) is 27.6. The van der Waals surface area contributed by atoms with E-state index >= 15 is 0 Å². The monoisotopic (exact) mass is 716 g/mol. The number of aryl methyl sites for hydroxylation is 1. The van der Waals surface area contributed by atoms with Crippen molar-refractivity contribution in [1.29, 1.82) is 5.26 Å². The molecule has 0 amide bonds. The lowest BCUT2D eigenvalue weighted by atomic mass is 9.84. The van der Waals surface area contributed by atoms with Gasteiger partial charge in [-0.15, -0.1) is 0 Å². The molecule has 1 aliphatic heterocycles. The third-order valence-electron chi connectivity index (χ3n) is 8.48. The molecule has 50 heavy (non-hydrogen) atoms. The molecule has 0 radical (unpaired) electrons. The summed E-state index contributed by atoms with van der Waals surface area (Å²) in [5.41, 5.74) is 2.55. The Morgan fingerprint density at radius 2 is 1.50 bits per heavy atom. The Morgan fingerprint density at radius 1 is 0.960 bits per heavy atom. The van der Waals surface area contributed by atoms with Crippen molar-refractivity contribution in [2.75, 3.05) is 13.2 Å². The molecule has 0 aliphatic carbocycles. The Labute approximate surface area is 299 Å². The Balaban J connectivity index is 1.49. The van der Waals surface area contributed by atoms with Crippen LogP contribution in [0.25, 0.3) is 0 Å². The molecule has 1 aromatic heterocycles. The molecular weight excluding hydrogens is 671 g/mol. The number of nitrogens with zero attached hydrogens (tertiary/aromatic N) is 3. The van der Waals surface area contributed by atoms with E-state index in [1.165, 1.54) is 22.8 Å². The minimum Gasteiger partial charge on any atom is -0.349 e. The molecule has 2 heterocycles. The number of hydrogen-bond donors (Lipinski definition) is 1. The molecule has 0 spiro atoms. The minimum atomic E-state index is -1.61. The summed E-state index contributed by atoms with van der Waals surface area (Å²) in [6.45, 7) is 10.3. The van der Waals surface area contributed by atoms with E-state index < -0.39 is 43.0 Å². The molecule has 4 aromatic rings. The van der Waals surface area contributed by atoms with Crippen molar-refractivity contribution in [1.82, 2.24) is 14.2 Å². The molecule has 12 heteroatoms. The third kappa shape index (κ3) is 8.64. The number of nitrogens with one attached hydrogen (secondary N) is 1. The lowest BCUT2D eigenvalue weighted by Gasteiger charge is -2.37. The van der Waals surface area contributed by atoms with Gasteiger partial charge < -0.3 is 18.0 Å². The molecule has 1 aliphatic rings. The van der Waals surface area contributed by atoms with Gasteiger partial charge in [-0.2, -0.15) is 5.26 Å². The summed E-state index contributed by atoms with van der Waals surface area (Å²) in [5.74, 6) is 0. The molecule has 0 bridgehead atoms. The van der Waals surface area contributed by atoms with Crippen LogP contribution in [0.1, 0.15) is 69.0 Å². The van der Waals surface area contributed by atoms with E-state index in [1.54, 1.807) is 6.92 Å². The van der Waals surface area contributed by atoms with Crippen LogP contribution < -0.4 is 11.2 Å². The van der Waals surface area contributed by atoms with Gasteiger partial charge in [0, 0.05) is 42.3 Å². The zero-order valence-corrected chi connectivity index (χ0v) is 30.8.